The molecule has 0 aliphatic heterocycles. The van der Waals surface area contributed by atoms with Gasteiger partial charge in [-0.15, -0.1) is 0 Å². The number of nitrogens with one attached hydrogen (secondary N) is 1. The van der Waals surface area contributed by atoms with Crippen molar-refractivity contribution in [1.82, 2.24) is 5.32 Å². The minimum Gasteiger partial charge on any atom is -0.550 e. The number of hydrogen-bond acceptors (Lipinski definition) is 5. The van der Waals surface area contributed by atoms with Crippen LogP contribution in [0, 0.1) is 5.92 Å². The smallest absolute Gasteiger partial charge is 0.550 e. The van der Waals surface area contributed by atoms with Crippen molar-refractivity contribution in [3.05, 3.63) is 0 Å². The molecule has 1 N–H and O–H groups in total. The average Bonchev–Trinajstić information content (AvgIpc) is 2.64. The van der Waals surface area contributed by atoms with Gasteiger partial charge in [0.1, 0.15) is 0 Å². The molecule has 0 aliphatic rings. The fourth-order valence-electron chi connectivity index (χ4n) is 3.38. The second-order valence-electron chi connectivity index (χ2n) is 8.52. The minimum atomic E-state index is -1.46. The number of carboxylic acid groups (broad SMARTS) is 2. The van der Waals surface area contributed by atoms with Gasteiger partial charge < -0.3 is 25.1 Å². The molecule has 1 atom stereocenters. The van der Waals surface area contributed by atoms with Gasteiger partial charge in [-0.2, -0.15) is 0 Å². The molecule has 0 aromatic rings. The quantitative estimate of drug-likeness (QED) is 0.154. The topological polar surface area (TPSA) is 109 Å². The van der Waals surface area contributed by atoms with Gasteiger partial charge in [0, 0.05) is 12.4 Å². The van der Waals surface area contributed by atoms with Crippen LogP contribution in [0.4, 0.5) is 0 Å². The van der Waals surface area contributed by atoms with Crippen molar-refractivity contribution >= 4 is 17.8 Å². The Hall–Kier alpha value is 0.410. The van der Waals surface area contributed by atoms with Crippen LogP contribution in [0.5, 0.6) is 0 Å². The number of aliphatic carboxylic acids is 2. The van der Waals surface area contributed by atoms with Gasteiger partial charge in [0.15, 0.2) is 0 Å². The van der Waals surface area contributed by atoms with E-state index in [2.05, 4.69) is 19.2 Å². The molecule has 0 saturated heterocycles. The molecule has 170 valence electrons. The molecule has 0 heterocycles. The maximum atomic E-state index is 11.8. The van der Waals surface area contributed by atoms with E-state index in [1.165, 1.54) is 64.2 Å². The first-order valence-electron chi connectivity index (χ1n) is 11.5. The Kier molecular flexibility index (Phi) is 29.1. The number of carbonyl (C=O) groups excluding carboxylic acids is 3. The molecule has 1 amide bonds. The molecule has 0 rings (SSSR count). The van der Waals surface area contributed by atoms with Crippen LogP contribution >= 0.6 is 0 Å². The molecular formula is C23H41NNa2O5. The molecule has 31 heavy (non-hydrogen) atoms. The number of carboxylic acids is 2. The maximum Gasteiger partial charge on any atom is 1.00 e. The van der Waals surface area contributed by atoms with Crippen LogP contribution in [-0.2, 0) is 14.4 Å². The fourth-order valence-corrected chi connectivity index (χ4v) is 3.38. The third kappa shape index (κ3) is 26.5. The molecule has 0 aliphatic carbocycles. The number of unbranched alkanes of at least 4 members (excludes halogenated alkanes) is 11. The molecule has 0 saturated carbocycles. The zero-order valence-electron chi connectivity index (χ0n) is 20.5. The fraction of sp³-hybridized carbons (Fsp3) is 0.870. The van der Waals surface area contributed by atoms with Gasteiger partial charge >= 0.3 is 59.1 Å². The number of amides is 1. The Balaban J connectivity index is -0.00000392. The Morgan fingerprint density at radius 2 is 1.06 bits per heavy atom. The van der Waals surface area contributed by atoms with E-state index in [1.807, 2.05) is 0 Å². The zero-order valence-corrected chi connectivity index (χ0v) is 24.5. The molecular weight excluding hydrogens is 416 g/mol. The van der Waals surface area contributed by atoms with Crippen molar-refractivity contribution in [1.29, 1.82) is 0 Å². The van der Waals surface area contributed by atoms with Gasteiger partial charge in [0.05, 0.1) is 12.0 Å². The Morgan fingerprint density at radius 3 is 1.45 bits per heavy atom. The van der Waals surface area contributed by atoms with Crippen molar-refractivity contribution in [3.8, 4) is 0 Å². The first-order chi connectivity index (χ1) is 13.8. The second kappa shape index (κ2) is 25.0. The van der Waals surface area contributed by atoms with Crippen LogP contribution in [0.1, 0.15) is 117 Å². The van der Waals surface area contributed by atoms with Crippen molar-refractivity contribution < 1.29 is 83.7 Å². The summed E-state index contributed by atoms with van der Waals surface area (Å²) in [7, 11) is 0. The summed E-state index contributed by atoms with van der Waals surface area (Å²) in [6.45, 7) is 4.56. The second-order valence-corrected chi connectivity index (χ2v) is 8.52. The van der Waals surface area contributed by atoms with Gasteiger partial charge in [-0.3, -0.25) is 4.79 Å². The summed E-state index contributed by atoms with van der Waals surface area (Å²) >= 11 is 0. The largest absolute Gasteiger partial charge is 1.00 e. The molecule has 0 spiro atoms. The van der Waals surface area contributed by atoms with Crippen LogP contribution in [0.2, 0.25) is 0 Å². The average molecular weight is 458 g/mol. The Labute approximate surface area is 233 Å². The van der Waals surface area contributed by atoms with Crippen LogP contribution in [-0.4, -0.2) is 23.9 Å². The van der Waals surface area contributed by atoms with Gasteiger partial charge in [0.2, 0.25) is 5.91 Å². The number of hydrogen-bond donors (Lipinski definition) is 1. The summed E-state index contributed by atoms with van der Waals surface area (Å²) in [4.78, 5) is 33.1. The standard InChI is InChI=1S/C23H43NO5.2Na/c1-19(2)15-13-11-9-7-5-3-4-6-8-10-12-14-16-21(25)24-20(23(28)29)17-18-22(26)27;;/h19-20H,3-18H2,1-2H3,(H,24,25)(H,26,27)(H,28,29);;/q;2*+1/p-2/t20-;;/m0../s1. The molecule has 0 unspecified atom stereocenters. The SMILES string of the molecule is CC(C)CCCCCCCCCCCCCCC(=O)N[C@@H](CCC(=O)[O-])C(=O)[O-].[Na+].[Na+]. The van der Waals surface area contributed by atoms with E-state index in [0.29, 0.717) is 6.42 Å². The van der Waals surface area contributed by atoms with E-state index in [1.54, 1.807) is 0 Å². The monoisotopic (exact) mass is 457 g/mol. The van der Waals surface area contributed by atoms with Crippen molar-refractivity contribution in [2.45, 2.75) is 123 Å². The summed E-state index contributed by atoms with van der Waals surface area (Å²) in [5, 5.41) is 23.7. The van der Waals surface area contributed by atoms with Crippen LogP contribution < -0.4 is 74.6 Å². The van der Waals surface area contributed by atoms with E-state index in [9.17, 15) is 24.6 Å². The van der Waals surface area contributed by atoms with Crippen LogP contribution in [0.25, 0.3) is 0 Å². The third-order valence-corrected chi connectivity index (χ3v) is 5.19. The predicted octanol–water partition coefficient (Wildman–Crippen LogP) is -3.12. The first-order valence-corrected chi connectivity index (χ1v) is 11.5. The van der Waals surface area contributed by atoms with E-state index in [-0.39, 0.29) is 77.9 Å². The molecule has 0 aromatic carbocycles. The Bertz CT molecular complexity index is 461. The molecule has 0 aromatic heterocycles. The molecule has 0 radical (unpaired) electrons. The van der Waals surface area contributed by atoms with Gasteiger partial charge in [-0.25, -0.2) is 0 Å². The summed E-state index contributed by atoms with van der Waals surface area (Å²) in [5.74, 6) is -2.35. The van der Waals surface area contributed by atoms with Crippen molar-refractivity contribution in [2.75, 3.05) is 0 Å². The summed E-state index contributed by atoms with van der Waals surface area (Å²) < 4.78 is 0. The molecule has 8 heteroatoms. The number of rotatable bonds is 20. The normalized spacial score (nSPS) is 11.3. The summed E-state index contributed by atoms with van der Waals surface area (Å²) in [6.07, 6.45) is 15.5. The first kappa shape index (κ1) is 36.0. The Morgan fingerprint density at radius 1 is 0.645 bits per heavy atom. The predicted molar refractivity (Wildman–Crippen MR) is 111 cm³/mol. The van der Waals surface area contributed by atoms with Crippen molar-refractivity contribution in [2.24, 2.45) is 5.92 Å². The summed E-state index contributed by atoms with van der Waals surface area (Å²) in [5.41, 5.74) is 0. The van der Waals surface area contributed by atoms with E-state index in [4.69, 9.17) is 0 Å². The van der Waals surface area contributed by atoms with Crippen LogP contribution in [0.15, 0.2) is 0 Å². The maximum absolute atomic E-state index is 11.8. The zero-order chi connectivity index (χ0) is 21.9. The van der Waals surface area contributed by atoms with Gasteiger partial charge in [-0.05, 0) is 25.2 Å². The number of carbonyl (C=O) groups is 3. The van der Waals surface area contributed by atoms with Crippen molar-refractivity contribution in [3.63, 3.8) is 0 Å². The van der Waals surface area contributed by atoms with Gasteiger partial charge in [0.25, 0.3) is 0 Å². The van der Waals surface area contributed by atoms with E-state index >= 15 is 0 Å². The minimum absolute atomic E-state index is 0. The van der Waals surface area contributed by atoms with E-state index < -0.39 is 24.4 Å². The van der Waals surface area contributed by atoms with Crippen LogP contribution in [0.3, 0.4) is 0 Å². The molecule has 0 fully saturated rings. The van der Waals surface area contributed by atoms with E-state index in [0.717, 1.165) is 18.8 Å². The summed E-state index contributed by atoms with van der Waals surface area (Å²) in [6, 6.07) is -1.27. The third-order valence-electron chi connectivity index (χ3n) is 5.19. The molecule has 6 nitrogen and oxygen atoms in total. The molecule has 0 bridgehead atoms. The van der Waals surface area contributed by atoms with Gasteiger partial charge in [-0.1, -0.05) is 90.9 Å².